The van der Waals surface area contributed by atoms with Crippen molar-refractivity contribution in [2.75, 3.05) is 7.11 Å². The summed E-state index contributed by atoms with van der Waals surface area (Å²) in [6, 6.07) is 6.37. The predicted molar refractivity (Wildman–Crippen MR) is 69.8 cm³/mol. The summed E-state index contributed by atoms with van der Waals surface area (Å²) in [5.74, 6) is 2.58. The second-order valence-corrected chi connectivity index (χ2v) is 5.78. The van der Waals surface area contributed by atoms with E-state index < -0.39 is 0 Å². The van der Waals surface area contributed by atoms with Crippen molar-refractivity contribution in [1.82, 2.24) is 0 Å². The van der Waals surface area contributed by atoms with Crippen molar-refractivity contribution in [1.29, 1.82) is 0 Å². The van der Waals surface area contributed by atoms with E-state index in [9.17, 15) is 0 Å². The summed E-state index contributed by atoms with van der Waals surface area (Å²) in [4.78, 5) is 0. The molecule has 1 aromatic rings. The smallest absolute Gasteiger partial charge is 0.119 e. The molecule has 88 valence electrons. The molecule has 1 aromatic carbocycles. The van der Waals surface area contributed by atoms with Gasteiger partial charge in [0, 0.05) is 17.0 Å². The third-order valence-electron chi connectivity index (χ3n) is 3.15. The quantitative estimate of drug-likeness (QED) is 0.859. The fourth-order valence-electron chi connectivity index (χ4n) is 2.22. The second-order valence-electron chi connectivity index (χ2n) is 4.61. The van der Waals surface area contributed by atoms with Crippen LogP contribution in [0.4, 0.5) is 0 Å². The first-order valence-electron chi connectivity index (χ1n) is 5.67. The normalized spacial score (nSPS) is 24.3. The van der Waals surface area contributed by atoms with Gasteiger partial charge >= 0.3 is 0 Å². The van der Waals surface area contributed by atoms with Crippen molar-refractivity contribution in [2.45, 2.75) is 30.9 Å². The van der Waals surface area contributed by atoms with Crippen molar-refractivity contribution in [3.63, 3.8) is 0 Å². The van der Waals surface area contributed by atoms with Gasteiger partial charge in [0.05, 0.1) is 7.11 Å². The number of methoxy groups -OCH3 is 1. The first kappa shape index (κ1) is 11.8. The zero-order chi connectivity index (χ0) is 11.7. The standard InChI is InChI=1S/C13H19NOS/c1-8(2)13-12(14)11-6-10(15-3)5-4-9(11)7-16-13/h4-6,8,12-13H,7,14H2,1-3H3. The number of fused-ring (bicyclic) bond motifs is 1. The molecule has 3 heteroatoms. The summed E-state index contributed by atoms with van der Waals surface area (Å²) in [6.45, 7) is 4.48. The number of hydrogen-bond donors (Lipinski definition) is 1. The van der Waals surface area contributed by atoms with Gasteiger partial charge in [-0.05, 0) is 29.2 Å². The van der Waals surface area contributed by atoms with Crippen LogP contribution in [0, 0.1) is 5.92 Å². The Hall–Kier alpha value is -0.670. The lowest BCUT2D eigenvalue weighted by Crippen LogP contribution is -2.31. The number of thioether (sulfide) groups is 1. The van der Waals surface area contributed by atoms with Crippen LogP contribution in [-0.2, 0) is 5.75 Å². The van der Waals surface area contributed by atoms with Gasteiger partial charge in [-0.25, -0.2) is 0 Å². The molecule has 0 amide bonds. The Morgan fingerprint density at radius 1 is 1.44 bits per heavy atom. The number of benzene rings is 1. The van der Waals surface area contributed by atoms with Crippen LogP contribution in [0.25, 0.3) is 0 Å². The zero-order valence-corrected chi connectivity index (χ0v) is 10.9. The average molecular weight is 237 g/mol. The van der Waals surface area contributed by atoms with Gasteiger partial charge in [0.2, 0.25) is 0 Å². The molecule has 2 rings (SSSR count). The van der Waals surface area contributed by atoms with Crippen LogP contribution in [0.2, 0.25) is 0 Å². The fraction of sp³-hybridized carbons (Fsp3) is 0.538. The van der Waals surface area contributed by atoms with Crippen LogP contribution in [-0.4, -0.2) is 12.4 Å². The van der Waals surface area contributed by atoms with Gasteiger partial charge in [-0.3, -0.25) is 0 Å². The predicted octanol–water partition coefficient (Wildman–Crippen LogP) is 2.97. The molecule has 0 fully saturated rings. The van der Waals surface area contributed by atoms with Crippen molar-refractivity contribution >= 4 is 11.8 Å². The van der Waals surface area contributed by atoms with Crippen LogP contribution in [0.1, 0.15) is 31.0 Å². The highest BCUT2D eigenvalue weighted by molar-refractivity contribution is 7.99. The van der Waals surface area contributed by atoms with Gasteiger partial charge in [-0.1, -0.05) is 19.9 Å². The third kappa shape index (κ3) is 2.06. The van der Waals surface area contributed by atoms with Gasteiger partial charge in [0.25, 0.3) is 0 Å². The zero-order valence-electron chi connectivity index (χ0n) is 10.1. The highest BCUT2D eigenvalue weighted by atomic mass is 32.2. The van der Waals surface area contributed by atoms with E-state index in [0.29, 0.717) is 11.2 Å². The number of rotatable bonds is 2. The molecule has 0 aliphatic carbocycles. The minimum Gasteiger partial charge on any atom is -0.497 e. The average Bonchev–Trinajstić information content (AvgIpc) is 2.28. The van der Waals surface area contributed by atoms with E-state index in [4.69, 9.17) is 10.5 Å². The molecule has 16 heavy (non-hydrogen) atoms. The highest BCUT2D eigenvalue weighted by Crippen LogP contribution is 2.40. The molecule has 0 bridgehead atoms. The maximum absolute atomic E-state index is 6.34. The monoisotopic (exact) mass is 237 g/mol. The Morgan fingerprint density at radius 2 is 2.19 bits per heavy atom. The van der Waals surface area contributed by atoms with E-state index in [1.807, 2.05) is 17.8 Å². The minimum atomic E-state index is 0.129. The molecule has 2 atom stereocenters. The third-order valence-corrected chi connectivity index (χ3v) is 4.85. The first-order chi connectivity index (χ1) is 7.63. The fourth-order valence-corrected chi connectivity index (χ4v) is 3.59. The van der Waals surface area contributed by atoms with Crippen LogP contribution >= 0.6 is 11.8 Å². The summed E-state index contributed by atoms with van der Waals surface area (Å²) in [5.41, 5.74) is 8.96. The molecule has 1 aliphatic rings. The summed E-state index contributed by atoms with van der Waals surface area (Å²) < 4.78 is 5.26. The van der Waals surface area contributed by atoms with Gasteiger partial charge < -0.3 is 10.5 Å². The van der Waals surface area contributed by atoms with Crippen molar-refractivity contribution in [2.24, 2.45) is 11.7 Å². The lowest BCUT2D eigenvalue weighted by Gasteiger charge is -2.33. The van der Waals surface area contributed by atoms with Crippen LogP contribution in [0.15, 0.2) is 18.2 Å². The van der Waals surface area contributed by atoms with Gasteiger partial charge in [0.15, 0.2) is 0 Å². The van der Waals surface area contributed by atoms with Crippen molar-refractivity contribution in [3.8, 4) is 5.75 Å². The topological polar surface area (TPSA) is 35.2 Å². The highest BCUT2D eigenvalue weighted by Gasteiger charge is 2.29. The Labute approximate surface area is 102 Å². The largest absolute Gasteiger partial charge is 0.497 e. The lowest BCUT2D eigenvalue weighted by molar-refractivity contribution is 0.412. The van der Waals surface area contributed by atoms with E-state index in [2.05, 4.69) is 26.0 Å². The Bertz CT molecular complexity index is 378. The Kier molecular flexibility index (Phi) is 3.45. The molecular formula is C13H19NOS. The minimum absolute atomic E-state index is 0.129. The number of nitrogens with two attached hydrogens (primary N) is 1. The van der Waals surface area contributed by atoms with E-state index in [0.717, 1.165) is 11.5 Å². The van der Waals surface area contributed by atoms with E-state index in [1.165, 1.54) is 11.1 Å². The summed E-state index contributed by atoms with van der Waals surface area (Å²) in [5, 5.41) is 0.514. The molecule has 0 radical (unpaired) electrons. The number of ether oxygens (including phenoxy) is 1. The molecule has 2 nitrogen and oxygen atoms in total. The van der Waals surface area contributed by atoms with Crippen molar-refractivity contribution in [3.05, 3.63) is 29.3 Å². The Morgan fingerprint density at radius 3 is 2.81 bits per heavy atom. The molecule has 0 saturated carbocycles. The van der Waals surface area contributed by atoms with Gasteiger partial charge in [-0.2, -0.15) is 11.8 Å². The number of hydrogen-bond acceptors (Lipinski definition) is 3. The molecule has 1 heterocycles. The van der Waals surface area contributed by atoms with Gasteiger partial charge in [-0.15, -0.1) is 0 Å². The molecular weight excluding hydrogens is 218 g/mol. The van der Waals surface area contributed by atoms with E-state index in [1.54, 1.807) is 7.11 Å². The van der Waals surface area contributed by atoms with Crippen LogP contribution in [0.3, 0.4) is 0 Å². The summed E-state index contributed by atoms with van der Waals surface area (Å²) in [7, 11) is 1.70. The van der Waals surface area contributed by atoms with Crippen molar-refractivity contribution < 1.29 is 4.74 Å². The molecule has 0 spiro atoms. The Balaban J connectivity index is 2.34. The molecule has 2 unspecified atom stereocenters. The molecule has 0 aromatic heterocycles. The van der Waals surface area contributed by atoms with E-state index >= 15 is 0 Å². The van der Waals surface area contributed by atoms with Crippen LogP contribution in [0.5, 0.6) is 5.75 Å². The maximum atomic E-state index is 6.34. The van der Waals surface area contributed by atoms with E-state index in [-0.39, 0.29) is 6.04 Å². The summed E-state index contributed by atoms with van der Waals surface area (Å²) in [6.07, 6.45) is 0. The lowest BCUT2D eigenvalue weighted by atomic mass is 9.93. The first-order valence-corrected chi connectivity index (χ1v) is 6.72. The maximum Gasteiger partial charge on any atom is 0.119 e. The molecule has 0 saturated heterocycles. The molecule has 2 N–H and O–H groups in total. The SMILES string of the molecule is COc1ccc2c(c1)C(N)C(C(C)C)SC2. The molecule has 1 aliphatic heterocycles. The van der Waals surface area contributed by atoms with Gasteiger partial charge in [0.1, 0.15) is 5.75 Å². The van der Waals surface area contributed by atoms with Crippen LogP contribution < -0.4 is 10.5 Å². The summed E-state index contributed by atoms with van der Waals surface area (Å²) >= 11 is 1.97. The second kappa shape index (κ2) is 4.68.